The number of benzene rings is 1. The quantitative estimate of drug-likeness (QED) is 0.708. The fourth-order valence-corrected chi connectivity index (χ4v) is 1.72. The minimum atomic E-state index is -0.179. The van der Waals surface area contributed by atoms with Gasteiger partial charge in [-0.05, 0) is 44.5 Å². The summed E-state index contributed by atoms with van der Waals surface area (Å²) >= 11 is 0. The number of nitrogens with zero attached hydrogens (tertiary/aromatic N) is 1. The highest BCUT2D eigenvalue weighted by molar-refractivity contribution is 6.05. The Bertz CT molecular complexity index is 601. The van der Waals surface area contributed by atoms with Gasteiger partial charge >= 0.3 is 0 Å². The first kappa shape index (κ1) is 12.2. The van der Waals surface area contributed by atoms with Gasteiger partial charge in [-0.2, -0.15) is 5.10 Å². The van der Waals surface area contributed by atoms with Crippen LogP contribution >= 0.6 is 0 Å². The fourth-order valence-electron chi connectivity index (χ4n) is 1.72. The SMILES string of the molecule is Cc1cc(N)ccc1C(=O)Nc1n[nH]c(C)c1C. The summed E-state index contributed by atoms with van der Waals surface area (Å²) in [5.41, 5.74) is 9.64. The van der Waals surface area contributed by atoms with Crippen molar-refractivity contribution in [2.75, 3.05) is 11.1 Å². The van der Waals surface area contributed by atoms with Crippen LogP contribution in [-0.4, -0.2) is 16.1 Å². The first-order valence-electron chi connectivity index (χ1n) is 5.68. The Morgan fingerprint density at radius 1 is 1.33 bits per heavy atom. The van der Waals surface area contributed by atoms with Crippen LogP contribution in [0.25, 0.3) is 0 Å². The second-order valence-corrected chi connectivity index (χ2v) is 4.35. The van der Waals surface area contributed by atoms with Crippen LogP contribution < -0.4 is 11.1 Å². The maximum absolute atomic E-state index is 12.1. The number of carbonyl (C=O) groups excluding carboxylic acids is 1. The minimum absolute atomic E-state index is 0.179. The van der Waals surface area contributed by atoms with Gasteiger partial charge in [0.1, 0.15) is 0 Å². The Hall–Kier alpha value is -2.30. The second kappa shape index (κ2) is 4.52. The molecule has 0 radical (unpaired) electrons. The molecule has 0 fully saturated rings. The van der Waals surface area contributed by atoms with Gasteiger partial charge in [0.05, 0.1) is 0 Å². The lowest BCUT2D eigenvalue weighted by atomic mass is 10.1. The molecule has 2 aromatic rings. The number of nitrogen functional groups attached to an aromatic ring is 1. The van der Waals surface area contributed by atoms with Crippen LogP contribution in [0.5, 0.6) is 0 Å². The molecule has 1 aromatic heterocycles. The van der Waals surface area contributed by atoms with E-state index in [9.17, 15) is 4.79 Å². The first-order chi connectivity index (χ1) is 8.49. The number of hydrogen-bond donors (Lipinski definition) is 3. The molecule has 0 unspecified atom stereocenters. The topological polar surface area (TPSA) is 83.8 Å². The van der Waals surface area contributed by atoms with Gasteiger partial charge < -0.3 is 11.1 Å². The van der Waals surface area contributed by atoms with Crippen molar-refractivity contribution in [1.82, 2.24) is 10.2 Å². The van der Waals surface area contributed by atoms with Gasteiger partial charge in [0.25, 0.3) is 5.91 Å². The predicted molar refractivity (Wildman–Crippen MR) is 71.6 cm³/mol. The van der Waals surface area contributed by atoms with Gasteiger partial charge in [0.2, 0.25) is 0 Å². The van der Waals surface area contributed by atoms with Crippen molar-refractivity contribution in [3.63, 3.8) is 0 Å². The van der Waals surface area contributed by atoms with Crippen molar-refractivity contribution in [2.45, 2.75) is 20.8 Å². The van der Waals surface area contributed by atoms with E-state index < -0.39 is 0 Å². The van der Waals surface area contributed by atoms with Crippen molar-refractivity contribution in [2.24, 2.45) is 0 Å². The predicted octanol–water partition coefficient (Wildman–Crippen LogP) is 2.17. The summed E-state index contributed by atoms with van der Waals surface area (Å²) in [7, 11) is 0. The van der Waals surface area contributed by atoms with Gasteiger partial charge in [-0.3, -0.25) is 9.89 Å². The van der Waals surface area contributed by atoms with E-state index in [2.05, 4.69) is 15.5 Å². The number of aryl methyl sites for hydroxylation is 2. The number of hydrogen-bond acceptors (Lipinski definition) is 3. The zero-order chi connectivity index (χ0) is 13.3. The number of carbonyl (C=O) groups is 1. The molecule has 18 heavy (non-hydrogen) atoms. The summed E-state index contributed by atoms with van der Waals surface area (Å²) in [6.45, 7) is 5.67. The summed E-state index contributed by atoms with van der Waals surface area (Å²) in [6.07, 6.45) is 0. The van der Waals surface area contributed by atoms with Gasteiger partial charge in [0.15, 0.2) is 5.82 Å². The molecule has 0 aliphatic rings. The summed E-state index contributed by atoms with van der Waals surface area (Å²) < 4.78 is 0. The third kappa shape index (κ3) is 2.20. The lowest BCUT2D eigenvalue weighted by molar-refractivity contribution is 0.102. The maximum atomic E-state index is 12.1. The number of H-pyrrole nitrogens is 1. The second-order valence-electron chi connectivity index (χ2n) is 4.35. The molecular formula is C13H16N4O. The average molecular weight is 244 g/mol. The van der Waals surface area contributed by atoms with E-state index >= 15 is 0 Å². The van der Waals surface area contributed by atoms with Gasteiger partial charge in [-0.15, -0.1) is 0 Å². The Morgan fingerprint density at radius 3 is 2.61 bits per heavy atom. The summed E-state index contributed by atoms with van der Waals surface area (Å²) in [5.74, 6) is 0.385. The van der Waals surface area contributed by atoms with Gasteiger partial charge in [-0.25, -0.2) is 0 Å². The number of anilines is 2. The largest absolute Gasteiger partial charge is 0.399 e. The third-order valence-electron chi connectivity index (χ3n) is 2.98. The molecule has 1 heterocycles. The van der Waals surface area contributed by atoms with Crippen LogP contribution in [0.2, 0.25) is 0 Å². The van der Waals surface area contributed by atoms with Crippen LogP contribution in [0.1, 0.15) is 27.2 Å². The lowest BCUT2D eigenvalue weighted by Crippen LogP contribution is -2.14. The highest BCUT2D eigenvalue weighted by Gasteiger charge is 2.13. The van der Waals surface area contributed by atoms with Crippen molar-refractivity contribution >= 4 is 17.4 Å². The third-order valence-corrected chi connectivity index (χ3v) is 2.98. The zero-order valence-corrected chi connectivity index (χ0v) is 10.7. The van der Waals surface area contributed by atoms with Crippen molar-refractivity contribution in [3.05, 3.63) is 40.6 Å². The molecule has 5 heteroatoms. The molecule has 1 aromatic carbocycles. The molecule has 0 atom stereocenters. The molecule has 5 nitrogen and oxygen atoms in total. The Labute approximate surface area is 105 Å². The highest BCUT2D eigenvalue weighted by Crippen LogP contribution is 2.17. The molecule has 0 aliphatic carbocycles. The number of rotatable bonds is 2. The highest BCUT2D eigenvalue weighted by atomic mass is 16.1. The molecule has 0 saturated heterocycles. The molecule has 0 aliphatic heterocycles. The lowest BCUT2D eigenvalue weighted by Gasteiger charge is -2.07. The molecular weight excluding hydrogens is 228 g/mol. The fraction of sp³-hybridized carbons (Fsp3) is 0.231. The molecule has 0 saturated carbocycles. The van der Waals surface area contributed by atoms with Crippen LogP contribution in [0, 0.1) is 20.8 Å². The average Bonchev–Trinajstić information content (AvgIpc) is 2.61. The minimum Gasteiger partial charge on any atom is -0.399 e. The first-order valence-corrected chi connectivity index (χ1v) is 5.68. The van der Waals surface area contributed by atoms with E-state index in [1.807, 2.05) is 20.8 Å². The van der Waals surface area contributed by atoms with Crippen molar-refractivity contribution in [1.29, 1.82) is 0 Å². The molecule has 0 bridgehead atoms. The van der Waals surface area contributed by atoms with E-state index in [1.165, 1.54) is 0 Å². The summed E-state index contributed by atoms with van der Waals surface area (Å²) in [4.78, 5) is 12.1. The number of nitrogens with two attached hydrogens (primary N) is 1. The molecule has 4 N–H and O–H groups in total. The van der Waals surface area contributed by atoms with Gasteiger partial charge in [-0.1, -0.05) is 0 Å². The van der Waals surface area contributed by atoms with Crippen molar-refractivity contribution < 1.29 is 4.79 Å². The molecule has 1 amide bonds. The Balaban J connectivity index is 2.25. The monoisotopic (exact) mass is 244 g/mol. The van der Waals surface area contributed by atoms with Crippen LogP contribution in [0.3, 0.4) is 0 Å². The molecule has 0 spiro atoms. The van der Waals surface area contributed by atoms with E-state index in [0.29, 0.717) is 17.1 Å². The number of aromatic nitrogens is 2. The number of amides is 1. The van der Waals surface area contributed by atoms with E-state index in [-0.39, 0.29) is 5.91 Å². The van der Waals surface area contributed by atoms with Crippen LogP contribution in [0.15, 0.2) is 18.2 Å². The smallest absolute Gasteiger partial charge is 0.257 e. The zero-order valence-electron chi connectivity index (χ0n) is 10.7. The van der Waals surface area contributed by atoms with Crippen LogP contribution in [0.4, 0.5) is 11.5 Å². The van der Waals surface area contributed by atoms with E-state index in [1.54, 1.807) is 18.2 Å². The van der Waals surface area contributed by atoms with Crippen LogP contribution in [-0.2, 0) is 0 Å². The molecule has 2 rings (SSSR count). The Kier molecular flexibility index (Phi) is 3.06. The summed E-state index contributed by atoms with van der Waals surface area (Å²) in [5, 5.41) is 9.66. The van der Waals surface area contributed by atoms with Gasteiger partial charge in [0, 0.05) is 22.5 Å². The maximum Gasteiger partial charge on any atom is 0.257 e. The summed E-state index contributed by atoms with van der Waals surface area (Å²) in [6, 6.07) is 5.21. The number of nitrogens with one attached hydrogen (secondary N) is 2. The number of aromatic amines is 1. The Morgan fingerprint density at radius 2 is 2.06 bits per heavy atom. The van der Waals surface area contributed by atoms with E-state index in [0.717, 1.165) is 16.8 Å². The van der Waals surface area contributed by atoms with E-state index in [4.69, 9.17) is 5.73 Å². The normalized spacial score (nSPS) is 10.4. The molecule has 94 valence electrons. The van der Waals surface area contributed by atoms with Crippen molar-refractivity contribution in [3.8, 4) is 0 Å². The standard InChI is InChI=1S/C13H16N4O/c1-7-6-10(14)4-5-11(7)13(18)15-12-8(2)9(3)16-17-12/h4-6H,14H2,1-3H3,(H2,15,16,17,18).